The smallest absolute Gasteiger partial charge is 0.275 e. The average Bonchev–Trinajstić information content (AvgIpc) is 3.31. The number of amides is 2. The van der Waals surface area contributed by atoms with E-state index in [1.807, 2.05) is 0 Å². The number of benzene rings is 1. The predicted octanol–water partition coefficient (Wildman–Crippen LogP) is 0.682. The molecule has 3 N–H and O–H groups in total. The molecular weight excluding hydrogens is 378 g/mol. The number of piperidine rings is 1. The third kappa shape index (κ3) is 3.73. The van der Waals surface area contributed by atoms with Gasteiger partial charge in [-0.1, -0.05) is 0 Å². The van der Waals surface area contributed by atoms with Crippen molar-refractivity contribution < 1.29 is 23.5 Å². The summed E-state index contributed by atoms with van der Waals surface area (Å²) in [6, 6.07) is 7.11. The van der Waals surface area contributed by atoms with Gasteiger partial charge >= 0.3 is 0 Å². The van der Waals surface area contributed by atoms with Gasteiger partial charge in [-0.15, -0.1) is 0 Å². The molecule has 1 aromatic heterocycles. The van der Waals surface area contributed by atoms with Crippen LogP contribution in [0.1, 0.15) is 29.2 Å². The number of hydrogen-bond donors (Lipinski definition) is 2. The molecule has 2 amide bonds. The minimum absolute atomic E-state index is 0.0941. The van der Waals surface area contributed by atoms with Gasteiger partial charge in [0.05, 0.1) is 7.11 Å². The van der Waals surface area contributed by atoms with Gasteiger partial charge in [-0.05, 0) is 37.1 Å². The van der Waals surface area contributed by atoms with Crippen LogP contribution < -0.4 is 20.5 Å². The third-order valence-electron chi connectivity index (χ3n) is 5.07. The largest absolute Gasteiger partial charge is 0.497 e. The van der Waals surface area contributed by atoms with Crippen molar-refractivity contribution in [3.05, 3.63) is 42.1 Å². The highest BCUT2D eigenvalue weighted by molar-refractivity contribution is 6.07. The average molecular weight is 399 g/mol. The third-order valence-corrected chi connectivity index (χ3v) is 5.07. The summed E-state index contributed by atoms with van der Waals surface area (Å²) in [5, 5.41) is 2.53. The van der Waals surface area contributed by atoms with Crippen molar-refractivity contribution in [2.45, 2.75) is 25.0 Å². The molecule has 0 bridgehead atoms. The van der Waals surface area contributed by atoms with E-state index in [1.54, 1.807) is 36.3 Å². The lowest BCUT2D eigenvalue weighted by molar-refractivity contribution is -0.125. The fourth-order valence-corrected chi connectivity index (χ4v) is 3.41. The van der Waals surface area contributed by atoms with Crippen molar-refractivity contribution in [1.29, 1.82) is 0 Å². The number of methoxy groups -OCH3 is 1. The van der Waals surface area contributed by atoms with E-state index in [1.165, 1.54) is 6.26 Å². The van der Waals surface area contributed by atoms with Crippen LogP contribution in [0.25, 0.3) is 0 Å². The molecule has 10 nitrogen and oxygen atoms in total. The summed E-state index contributed by atoms with van der Waals surface area (Å²) < 4.78 is 16.1. The first-order chi connectivity index (χ1) is 14.0. The molecule has 0 atom stereocenters. The van der Waals surface area contributed by atoms with Crippen LogP contribution in [0.4, 0.5) is 0 Å². The number of carbonyl (C=O) groups is 2. The molecule has 1 fully saturated rings. The Labute approximate surface area is 166 Å². The van der Waals surface area contributed by atoms with Crippen LogP contribution >= 0.6 is 0 Å². The normalized spacial score (nSPS) is 17.8. The summed E-state index contributed by atoms with van der Waals surface area (Å²) in [6.07, 6.45) is 2.14. The van der Waals surface area contributed by atoms with Crippen LogP contribution in [0, 0.1) is 0 Å². The first-order valence-electron chi connectivity index (χ1n) is 9.16. The van der Waals surface area contributed by atoms with Gasteiger partial charge in [-0.2, -0.15) is 0 Å². The summed E-state index contributed by atoms with van der Waals surface area (Å²) in [7, 11) is 1.59. The number of oxazole rings is 1. The molecule has 2 aliphatic rings. The van der Waals surface area contributed by atoms with Gasteiger partial charge < -0.3 is 24.5 Å². The minimum Gasteiger partial charge on any atom is -0.497 e. The molecule has 0 aliphatic carbocycles. The second-order valence-electron chi connectivity index (χ2n) is 6.87. The number of likely N-dealkylation sites (tertiary alicyclic amines) is 1. The predicted molar refractivity (Wildman–Crippen MR) is 101 cm³/mol. The summed E-state index contributed by atoms with van der Waals surface area (Å²) in [4.78, 5) is 34.9. The zero-order chi connectivity index (χ0) is 20.4. The van der Waals surface area contributed by atoms with Gasteiger partial charge in [-0.25, -0.2) is 9.98 Å². The maximum absolute atomic E-state index is 12.7. The molecule has 2 aromatic rings. The Balaban J connectivity index is 1.33. The number of nitrogens with two attached hydrogens (primary N) is 1. The van der Waals surface area contributed by atoms with Gasteiger partial charge in [0.2, 0.25) is 5.89 Å². The molecule has 0 unspecified atom stereocenters. The molecule has 152 valence electrons. The number of aromatic nitrogens is 1. The lowest BCUT2D eigenvalue weighted by Gasteiger charge is -2.34. The Morgan fingerprint density at radius 2 is 1.97 bits per heavy atom. The fourth-order valence-electron chi connectivity index (χ4n) is 3.41. The minimum atomic E-state index is -0.859. The quantitative estimate of drug-likeness (QED) is 0.755. The summed E-state index contributed by atoms with van der Waals surface area (Å²) in [6.45, 7) is 0.859. The SMILES string of the molecule is COc1ccc(OCc2nc(C(=O)N3CCC4(CC3)N=C(N)NC4=O)co2)cc1. The van der Waals surface area contributed by atoms with Crippen LogP contribution in [0.3, 0.4) is 0 Å². The number of nitrogens with one attached hydrogen (secondary N) is 1. The highest BCUT2D eigenvalue weighted by atomic mass is 16.5. The molecule has 0 saturated carbocycles. The second kappa shape index (κ2) is 7.46. The first kappa shape index (κ1) is 18.8. The zero-order valence-corrected chi connectivity index (χ0v) is 15.9. The maximum atomic E-state index is 12.7. The Kier molecular flexibility index (Phi) is 4.83. The van der Waals surface area contributed by atoms with Gasteiger partial charge in [0.25, 0.3) is 11.8 Å². The van der Waals surface area contributed by atoms with Crippen LogP contribution in [-0.2, 0) is 11.4 Å². The first-order valence-corrected chi connectivity index (χ1v) is 9.16. The highest BCUT2D eigenvalue weighted by Gasteiger charge is 2.46. The van der Waals surface area contributed by atoms with Crippen molar-refractivity contribution in [2.75, 3.05) is 20.2 Å². The Morgan fingerprint density at radius 3 is 2.59 bits per heavy atom. The van der Waals surface area contributed by atoms with Crippen molar-refractivity contribution in [1.82, 2.24) is 15.2 Å². The molecule has 1 saturated heterocycles. The number of guanidine groups is 1. The number of rotatable bonds is 5. The molecule has 29 heavy (non-hydrogen) atoms. The van der Waals surface area contributed by atoms with E-state index in [0.717, 1.165) is 5.75 Å². The van der Waals surface area contributed by atoms with Crippen LogP contribution in [0.2, 0.25) is 0 Å². The maximum Gasteiger partial charge on any atom is 0.275 e. The van der Waals surface area contributed by atoms with E-state index >= 15 is 0 Å². The second-order valence-corrected chi connectivity index (χ2v) is 6.87. The highest BCUT2D eigenvalue weighted by Crippen LogP contribution is 2.30. The monoisotopic (exact) mass is 399 g/mol. The molecule has 0 radical (unpaired) electrons. The lowest BCUT2D eigenvalue weighted by Crippen LogP contribution is -2.50. The lowest BCUT2D eigenvalue weighted by atomic mass is 9.88. The Bertz CT molecular complexity index is 944. The Hall–Kier alpha value is -3.56. The van der Waals surface area contributed by atoms with E-state index in [0.29, 0.717) is 37.6 Å². The van der Waals surface area contributed by atoms with E-state index in [9.17, 15) is 9.59 Å². The van der Waals surface area contributed by atoms with Crippen molar-refractivity contribution in [3.8, 4) is 11.5 Å². The summed E-state index contributed by atoms with van der Waals surface area (Å²) in [5.41, 5.74) is 4.94. The molecule has 3 heterocycles. The molecule has 4 rings (SSSR count). The van der Waals surface area contributed by atoms with Crippen LogP contribution in [0.15, 0.2) is 39.9 Å². The van der Waals surface area contributed by atoms with Crippen LogP contribution in [-0.4, -0.2) is 53.4 Å². The molecule has 10 heteroatoms. The topological polar surface area (TPSA) is 132 Å². The van der Waals surface area contributed by atoms with Gasteiger partial charge in [0, 0.05) is 13.1 Å². The number of hydrogen-bond acceptors (Lipinski definition) is 8. The standard InChI is InChI=1S/C19H21N5O5/c1-27-12-2-4-13(5-3-12)28-11-15-21-14(10-29-15)16(25)24-8-6-19(7-9-24)17(26)22-18(20)23-19/h2-5,10H,6-9,11H2,1H3,(H3,20,22,23,26). The summed E-state index contributed by atoms with van der Waals surface area (Å²) >= 11 is 0. The van der Waals surface area contributed by atoms with Gasteiger partial charge in [-0.3, -0.25) is 14.9 Å². The fraction of sp³-hybridized carbons (Fsp3) is 0.368. The molecule has 2 aliphatic heterocycles. The van der Waals surface area contributed by atoms with Gasteiger partial charge in [0.15, 0.2) is 18.3 Å². The number of carbonyl (C=O) groups excluding carboxylic acids is 2. The number of aliphatic imine (C=N–C) groups is 1. The van der Waals surface area contributed by atoms with E-state index in [-0.39, 0.29) is 30.1 Å². The van der Waals surface area contributed by atoms with Crippen molar-refractivity contribution in [2.24, 2.45) is 10.7 Å². The van der Waals surface area contributed by atoms with Crippen LogP contribution in [0.5, 0.6) is 11.5 Å². The van der Waals surface area contributed by atoms with E-state index in [2.05, 4.69) is 15.3 Å². The van der Waals surface area contributed by atoms with E-state index < -0.39 is 5.54 Å². The number of nitrogens with zero attached hydrogens (tertiary/aromatic N) is 3. The zero-order valence-electron chi connectivity index (χ0n) is 15.9. The molecular formula is C19H21N5O5. The molecule has 1 aromatic carbocycles. The number of ether oxygens (including phenoxy) is 2. The van der Waals surface area contributed by atoms with Gasteiger partial charge in [0.1, 0.15) is 23.3 Å². The summed E-state index contributed by atoms with van der Waals surface area (Å²) in [5.74, 6) is 1.33. The van der Waals surface area contributed by atoms with E-state index in [4.69, 9.17) is 19.6 Å². The Morgan fingerprint density at radius 1 is 1.28 bits per heavy atom. The van der Waals surface area contributed by atoms with Crippen molar-refractivity contribution >= 4 is 17.8 Å². The molecule has 1 spiro atoms. The van der Waals surface area contributed by atoms with Crippen molar-refractivity contribution in [3.63, 3.8) is 0 Å².